The van der Waals surface area contributed by atoms with Crippen molar-refractivity contribution < 1.29 is 14.3 Å². The first-order chi connectivity index (χ1) is 10.6. The highest BCUT2D eigenvalue weighted by atomic mass is 32.2. The molecule has 0 amide bonds. The van der Waals surface area contributed by atoms with Crippen LogP contribution in [0.2, 0.25) is 0 Å². The zero-order valence-electron chi connectivity index (χ0n) is 12.7. The van der Waals surface area contributed by atoms with Crippen LogP contribution < -0.4 is 4.74 Å². The molecule has 0 atom stereocenters. The number of hydrogen-bond acceptors (Lipinski definition) is 5. The van der Waals surface area contributed by atoms with Crippen molar-refractivity contribution in [1.29, 1.82) is 0 Å². The second kappa shape index (κ2) is 8.44. The standard InChI is InChI=1S/C17H19NO3S/c1-13(2)20-17(19)12-22-11-14-6-3-4-8-16(14)21-15-7-5-9-18-10-15/h3-10,13H,11-12H2,1-2H3. The van der Waals surface area contributed by atoms with Crippen LogP contribution in [-0.4, -0.2) is 22.8 Å². The van der Waals surface area contributed by atoms with Crippen LogP contribution in [0.3, 0.4) is 0 Å². The van der Waals surface area contributed by atoms with Gasteiger partial charge in [0.1, 0.15) is 11.5 Å². The normalized spacial score (nSPS) is 10.5. The van der Waals surface area contributed by atoms with E-state index < -0.39 is 0 Å². The fourth-order valence-electron chi connectivity index (χ4n) is 1.80. The van der Waals surface area contributed by atoms with Gasteiger partial charge in [0.2, 0.25) is 0 Å². The minimum atomic E-state index is -0.189. The molecule has 1 aromatic carbocycles. The molecule has 0 aliphatic heterocycles. The fraction of sp³-hybridized carbons (Fsp3) is 0.294. The highest BCUT2D eigenvalue weighted by Crippen LogP contribution is 2.27. The van der Waals surface area contributed by atoms with Crippen LogP contribution >= 0.6 is 11.8 Å². The van der Waals surface area contributed by atoms with E-state index in [0.717, 1.165) is 11.3 Å². The van der Waals surface area contributed by atoms with Crippen molar-refractivity contribution in [2.75, 3.05) is 5.75 Å². The third-order valence-electron chi connectivity index (χ3n) is 2.68. The van der Waals surface area contributed by atoms with Crippen LogP contribution in [0, 0.1) is 0 Å². The van der Waals surface area contributed by atoms with E-state index in [1.54, 1.807) is 12.4 Å². The van der Waals surface area contributed by atoms with E-state index >= 15 is 0 Å². The monoisotopic (exact) mass is 317 g/mol. The first kappa shape index (κ1) is 16.4. The van der Waals surface area contributed by atoms with Gasteiger partial charge in [-0.25, -0.2) is 0 Å². The molecule has 1 heterocycles. The van der Waals surface area contributed by atoms with E-state index in [0.29, 0.717) is 17.3 Å². The molecule has 0 aliphatic carbocycles. The Morgan fingerprint density at radius 3 is 2.77 bits per heavy atom. The molecule has 2 rings (SSSR count). The number of esters is 1. The van der Waals surface area contributed by atoms with E-state index in [2.05, 4.69) is 4.98 Å². The maximum Gasteiger partial charge on any atom is 0.316 e. The molecule has 5 heteroatoms. The molecule has 0 bridgehead atoms. The second-order valence-electron chi connectivity index (χ2n) is 4.93. The van der Waals surface area contributed by atoms with Crippen LogP contribution in [0.15, 0.2) is 48.8 Å². The molecule has 0 saturated carbocycles. The molecule has 0 unspecified atom stereocenters. The molecule has 116 valence electrons. The van der Waals surface area contributed by atoms with Gasteiger partial charge in [-0.15, -0.1) is 11.8 Å². The minimum Gasteiger partial charge on any atom is -0.462 e. The van der Waals surface area contributed by atoms with Crippen LogP contribution in [0.4, 0.5) is 0 Å². The summed E-state index contributed by atoms with van der Waals surface area (Å²) in [6, 6.07) is 11.5. The summed E-state index contributed by atoms with van der Waals surface area (Å²) in [6.07, 6.45) is 3.30. The van der Waals surface area contributed by atoms with Crippen LogP contribution in [-0.2, 0) is 15.3 Å². The Morgan fingerprint density at radius 1 is 1.23 bits per heavy atom. The van der Waals surface area contributed by atoms with Crippen molar-refractivity contribution in [2.24, 2.45) is 0 Å². The number of rotatable bonds is 7. The van der Waals surface area contributed by atoms with Crippen molar-refractivity contribution in [3.05, 3.63) is 54.4 Å². The van der Waals surface area contributed by atoms with Crippen molar-refractivity contribution in [1.82, 2.24) is 4.98 Å². The lowest BCUT2D eigenvalue weighted by molar-refractivity contribution is -0.144. The third kappa shape index (κ3) is 5.41. The highest BCUT2D eigenvalue weighted by Gasteiger charge is 2.08. The van der Waals surface area contributed by atoms with Gasteiger partial charge in [0.25, 0.3) is 0 Å². The van der Waals surface area contributed by atoms with Crippen molar-refractivity contribution >= 4 is 17.7 Å². The number of pyridine rings is 1. The Hall–Kier alpha value is -2.01. The van der Waals surface area contributed by atoms with Gasteiger partial charge in [0.05, 0.1) is 18.1 Å². The Labute approximate surface area is 134 Å². The summed E-state index contributed by atoms with van der Waals surface area (Å²) >= 11 is 1.51. The Balaban J connectivity index is 1.93. The maximum atomic E-state index is 11.5. The predicted molar refractivity (Wildman–Crippen MR) is 88.1 cm³/mol. The zero-order chi connectivity index (χ0) is 15.8. The first-order valence-electron chi connectivity index (χ1n) is 7.08. The van der Waals surface area contributed by atoms with Gasteiger partial charge in [-0.2, -0.15) is 0 Å². The van der Waals surface area contributed by atoms with Gasteiger partial charge < -0.3 is 9.47 Å². The fourth-order valence-corrected chi connectivity index (χ4v) is 2.59. The lowest BCUT2D eigenvalue weighted by Gasteiger charge is -2.11. The molecular weight excluding hydrogens is 298 g/mol. The molecule has 0 aliphatic rings. The molecule has 22 heavy (non-hydrogen) atoms. The molecule has 0 spiro atoms. The topological polar surface area (TPSA) is 48.4 Å². The smallest absolute Gasteiger partial charge is 0.316 e. The number of nitrogens with zero attached hydrogens (tertiary/aromatic N) is 1. The molecule has 1 aromatic heterocycles. The number of aromatic nitrogens is 1. The average Bonchev–Trinajstić information content (AvgIpc) is 2.49. The molecule has 4 nitrogen and oxygen atoms in total. The summed E-state index contributed by atoms with van der Waals surface area (Å²) < 4.78 is 11.0. The lowest BCUT2D eigenvalue weighted by atomic mass is 10.2. The number of hydrogen-bond donors (Lipinski definition) is 0. The number of carbonyl (C=O) groups excluding carboxylic acids is 1. The number of para-hydroxylation sites is 1. The number of ether oxygens (including phenoxy) is 2. The predicted octanol–water partition coefficient (Wildman–Crippen LogP) is 4.06. The summed E-state index contributed by atoms with van der Waals surface area (Å²) in [4.78, 5) is 15.6. The molecule has 0 N–H and O–H groups in total. The zero-order valence-corrected chi connectivity index (χ0v) is 13.5. The van der Waals surface area contributed by atoms with E-state index in [1.807, 2.05) is 50.2 Å². The summed E-state index contributed by atoms with van der Waals surface area (Å²) in [5.41, 5.74) is 1.04. The molecule has 0 radical (unpaired) electrons. The number of thioether (sulfide) groups is 1. The van der Waals surface area contributed by atoms with Crippen LogP contribution in [0.1, 0.15) is 19.4 Å². The summed E-state index contributed by atoms with van der Waals surface area (Å²) in [7, 11) is 0. The Bertz CT molecular complexity index is 602. The van der Waals surface area contributed by atoms with Gasteiger partial charge in [0, 0.05) is 17.5 Å². The molecule has 0 fully saturated rings. The van der Waals surface area contributed by atoms with Gasteiger partial charge in [0.15, 0.2) is 0 Å². The number of benzene rings is 1. The van der Waals surface area contributed by atoms with Gasteiger partial charge >= 0.3 is 5.97 Å². The maximum absolute atomic E-state index is 11.5. The molecule has 0 saturated heterocycles. The minimum absolute atomic E-state index is 0.0747. The SMILES string of the molecule is CC(C)OC(=O)CSCc1ccccc1Oc1cccnc1. The van der Waals surface area contributed by atoms with Gasteiger partial charge in [-0.05, 0) is 32.0 Å². The average molecular weight is 317 g/mol. The van der Waals surface area contributed by atoms with Gasteiger partial charge in [-0.1, -0.05) is 18.2 Å². The Kier molecular flexibility index (Phi) is 6.27. The van der Waals surface area contributed by atoms with E-state index in [-0.39, 0.29) is 12.1 Å². The molecule has 2 aromatic rings. The molecular formula is C17H19NO3S. The van der Waals surface area contributed by atoms with Crippen LogP contribution in [0.25, 0.3) is 0 Å². The van der Waals surface area contributed by atoms with E-state index in [4.69, 9.17) is 9.47 Å². The van der Waals surface area contributed by atoms with E-state index in [9.17, 15) is 4.79 Å². The summed E-state index contributed by atoms with van der Waals surface area (Å²) in [6.45, 7) is 3.69. The van der Waals surface area contributed by atoms with Crippen LogP contribution in [0.5, 0.6) is 11.5 Å². The Morgan fingerprint density at radius 2 is 2.05 bits per heavy atom. The quantitative estimate of drug-likeness (QED) is 0.721. The van der Waals surface area contributed by atoms with Crippen molar-refractivity contribution in [3.63, 3.8) is 0 Å². The number of carbonyl (C=O) groups is 1. The van der Waals surface area contributed by atoms with E-state index in [1.165, 1.54) is 11.8 Å². The first-order valence-corrected chi connectivity index (χ1v) is 8.23. The summed E-state index contributed by atoms with van der Waals surface area (Å²) in [5.74, 6) is 2.30. The highest BCUT2D eigenvalue weighted by molar-refractivity contribution is 7.99. The van der Waals surface area contributed by atoms with Gasteiger partial charge in [-0.3, -0.25) is 9.78 Å². The third-order valence-corrected chi connectivity index (χ3v) is 3.63. The lowest BCUT2D eigenvalue weighted by Crippen LogP contribution is -2.13. The largest absolute Gasteiger partial charge is 0.462 e. The second-order valence-corrected chi connectivity index (χ2v) is 5.92. The summed E-state index contributed by atoms with van der Waals surface area (Å²) in [5, 5.41) is 0. The van der Waals surface area contributed by atoms with Crippen molar-refractivity contribution in [2.45, 2.75) is 25.7 Å². The van der Waals surface area contributed by atoms with Crippen molar-refractivity contribution in [3.8, 4) is 11.5 Å².